The van der Waals surface area contributed by atoms with Crippen molar-refractivity contribution in [2.24, 2.45) is 0 Å². The van der Waals surface area contributed by atoms with Gasteiger partial charge in [-0.15, -0.1) is 0 Å². The lowest BCUT2D eigenvalue weighted by Crippen LogP contribution is -2.38. The van der Waals surface area contributed by atoms with Gasteiger partial charge in [0, 0.05) is 22.7 Å². The highest BCUT2D eigenvalue weighted by Crippen LogP contribution is 2.29. The van der Waals surface area contributed by atoms with Crippen LogP contribution in [0.25, 0.3) is 10.9 Å². The first-order valence-electron chi connectivity index (χ1n) is 10.8. The second kappa shape index (κ2) is 9.32. The fraction of sp³-hybridized carbons (Fsp3) is 0.192. The Balaban J connectivity index is 1.63. The average molecular weight is 479 g/mol. The highest BCUT2D eigenvalue weighted by molar-refractivity contribution is 7.89. The summed E-state index contributed by atoms with van der Waals surface area (Å²) in [6.45, 7) is 5.20. The van der Waals surface area contributed by atoms with Crippen molar-refractivity contribution in [1.29, 1.82) is 0 Å². The predicted molar refractivity (Wildman–Crippen MR) is 130 cm³/mol. The SMILES string of the molecule is CC(C)(C)OC(=O)[C@H](NS(=O)(=O)c1ccc(Oc2ccccc2)cc1)c1c[nH]c2ccccc12. The summed E-state index contributed by atoms with van der Waals surface area (Å²) in [4.78, 5) is 16.2. The number of rotatable bonds is 7. The van der Waals surface area contributed by atoms with Crippen LogP contribution in [0.1, 0.15) is 32.4 Å². The summed E-state index contributed by atoms with van der Waals surface area (Å²) in [5.41, 5.74) is 0.480. The molecule has 0 aliphatic heterocycles. The number of hydrogen-bond acceptors (Lipinski definition) is 5. The zero-order chi connectivity index (χ0) is 24.3. The number of aromatic amines is 1. The summed E-state index contributed by atoms with van der Waals surface area (Å²) in [5.74, 6) is 0.441. The van der Waals surface area contributed by atoms with E-state index >= 15 is 0 Å². The molecule has 0 aliphatic rings. The van der Waals surface area contributed by atoms with Crippen molar-refractivity contribution in [1.82, 2.24) is 9.71 Å². The maximum Gasteiger partial charge on any atom is 0.329 e. The highest BCUT2D eigenvalue weighted by atomic mass is 32.2. The molecule has 0 saturated carbocycles. The first kappa shape index (κ1) is 23.5. The topological polar surface area (TPSA) is 97.5 Å². The molecule has 176 valence electrons. The predicted octanol–water partition coefficient (Wildman–Crippen LogP) is 5.32. The molecule has 0 amide bonds. The van der Waals surface area contributed by atoms with Crippen LogP contribution in [0.4, 0.5) is 0 Å². The molecule has 34 heavy (non-hydrogen) atoms. The number of benzene rings is 3. The number of carbonyl (C=O) groups is 1. The minimum Gasteiger partial charge on any atom is -0.459 e. The summed E-state index contributed by atoms with van der Waals surface area (Å²) in [6.07, 6.45) is 1.62. The second-order valence-electron chi connectivity index (χ2n) is 8.76. The first-order chi connectivity index (χ1) is 16.1. The molecule has 4 aromatic rings. The van der Waals surface area contributed by atoms with Gasteiger partial charge in [-0.05, 0) is 63.2 Å². The summed E-state index contributed by atoms with van der Waals surface area (Å²) in [7, 11) is -4.06. The molecule has 1 atom stereocenters. The third-order valence-electron chi connectivity index (χ3n) is 4.96. The normalized spacial score (nSPS) is 12.9. The minimum atomic E-state index is -4.06. The molecule has 0 unspecified atom stereocenters. The van der Waals surface area contributed by atoms with E-state index in [1.807, 2.05) is 42.5 Å². The summed E-state index contributed by atoms with van der Waals surface area (Å²) < 4.78 is 40.3. The van der Waals surface area contributed by atoms with Gasteiger partial charge < -0.3 is 14.5 Å². The molecule has 3 aromatic carbocycles. The molecule has 8 heteroatoms. The van der Waals surface area contributed by atoms with Gasteiger partial charge in [0.2, 0.25) is 10.0 Å². The van der Waals surface area contributed by atoms with E-state index in [9.17, 15) is 13.2 Å². The van der Waals surface area contributed by atoms with Crippen LogP contribution in [0, 0.1) is 0 Å². The molecule has 0 aliphatic carbocycles. The van der Waals surface area contributed by atoms with E-state index in [1.54, 1.807) is 51.2 Å². The molecule has 0 bridgehead atoms. The molecule has 0 fully saturated rings. The van der Waals surface area contributed by atoms with Crippen molar-refractivity contribution in [3.8, 4) is 11.5 Å². The van der Waals surface area contributed by atoms with Crippen molar-refractivity contribution >= 4 is 26.9 Å². The molecular formula is C26H26N2O5S. The summed E-state index contributed by atoms with van der Waals surface area (Å²) in [5, 5.41) is 0.729. The number of carbonyl (C=O) groups excluding carboxylic acids is 1. The summed E-state index contributed by atoms with van der Waals surface area (Å²) in [6, 6.07) is 21.3. The molecule has 2 N–H and O–H groups in total. The Morgan fingerprint density at radius 1 is 0.882 bits per heavy atom. The van der Waals surface area contributed by atoms with Crippen LogP contribution in [0.15, 0.2) is 90.0 Å². The fourth-order valence-electron chi connectivity index (χ4n) is 3.47. The maximum absolute atomic E-state index is 13.2. The number of esters is 1. The van der Waals surface area contributed by atoms with Gasteiger partial charge in [-0.3, -0.25) is 0 Å². The van der Waals surface area contributed by atoms with Crippen molar-refractivity contribution in [2.75, 3.05) is 0 Å². The van der Waals surface area contributed by atoms with E-state index < -0.39 is 27.6 Å². The van der Waals surface area contributed by atoms with Gasteiger partial charge >= 0.3 is 5.97 Å². The zero-order valence-corrected chi connectivity index (χ0v) is 19.9. The minimum absolute atomic E-state index is 0.00121. The molecule has 0 radical (unpaired) electrons. The zero-order valence-electron chi connectivity index (χ0n) is 19.1. The maximum atomic E-state index is 13.2. The van der Waals surface area contributed by atoms with Crippen LogP contribution >= 0.6 is 0 Å². The molecule has 1 heterocycles. The summed E-state index contributed by atoms with van der Waals surface area (Å²) >= 11 is 0. The van der Waals surface area contributed by atoms with Crippen LogP contribution in [0.3, 0.4) is 0 Å². The van der Waals surface area contributed by atoms with Crippen molar-refractivity contribution in [2.45, 2.75) is 37.3 Å². The van der Waals surface area contributed by atoms with Crippen LogP contribution in [0.2, 0.25) is 0 Å². The van der Waals surface area contributed by atoms with Crippen LogP contribution in [-0.4, -0.2) is 25.0 Å². The number of nitrogens with one attached hydrogen (secondary N) is 2. The first-order valence-corrected chi connectivity index (χ1v) is 12.2. The van der Waals surface area contributed by atoms with E-state index in [2.05, 4.69) is 9.71 Å². The standard InChI is InChI=1S/C26H26N2O5S/c1-26(2,3)33-25(29)24(22-17-27-23-12-8-7-11-21(22)23)28-34(30,31)20-15-13-19(14-16-20)32-18-9-5-4-6-10-18/h4-17,24,27-28H,1-3H3/t24-/m1/s1. The van der Waals surface area contributed by atoms with Crippen LogP contribution in [0.5, 0.6) is 11.5 Å². The number of hydrogen-bond donors (Lipinski definition) is 2. The molecule has 1 aromatic heterocycles. The Bertz CT molecular complexity index is 1390. The van der Waals surface area contributed by atoms with E-state index in [4.69, 9.17) is 9.47 Å². The van der Waals surface area contributed by atoms with Gasteiger partial charge in [-0.1, -0.05) is 36.4 Å². The highest BCUT2D eigenvalue weighted by Gasteiger charge is 2.33. The fourth-order valence-corrected chi connectivity index (χ4v) is 4.63. The third kappa shape index (κ3) is 5.47. The van der Waals surface area contributed by atoms with Gasteiger partial charge in [0.15, 0.2) is 0 Å². The van der Waals surface area contributed by atoms with Crippen molar-refractivity contribution in [3.05, 3.63) is 90.6 Å². The second-order valence-corrected chi connectivity index (χ2v) is 10.5. The quantitative estimate of drug-likeness (QED) is 0.350. The van der Waals surface area contributed by atoms with Crippen molar-refractivity contribution < 1.29 is 22.7 Å². The van der Waals surface area contributed by atoms with E-state index in [-0.39, 0.29) is 4.90 Å². The molecule has 4 rings (SSSR count). The van der Waals surface area contributed by atoms with Gasteiger partial charge in [-0.2, -0.15) is 4.72 Å². The van der Waals surface area contributed by atoms with Gasteiger partial charge in [-0.25, -0.2) is 13.2 Å². The lowest BCUT2D eigenvalue weighted by Gasteiger charge is -2.24. The largest absolute Gasteiger partial charge is 0.459 e. The number of aromatic nitrogens is 1. The Kier molecular flexibility index (Phi) is 6.45. The van der Waals surface area contributed by atoms with E-state index in [1.165, 1.54) is 12.1 Å². The van der Waals surface area contributed by atoms with Crippen LogP contribution in [-0.2, 0) is 19.6 Å². The Morgan fingerprint density at radius 2 is 1.50 bits per heavy atom. The number of H-pyrrole nitrogens is 1. The molecule has 0 spiro atoms. The van der Waals surface area contributed by atoms with Gasteiger partial charge in [0.25, 0.3) is 0 Å². The van der Waals surface area contributed by atoms with Gasteiger partial charge in [0.1, 0.15) is 23.1 Å². The van der Waals surface area contributed by atoms with Gasteiger partial charge in [0.05, 0.1) is 4.90 Å². The van der Waals surface area contributed by atoms with Crippen LogP contribution < -0.4 is 9.46 Å². The average Bonchev–Trinajstić information content (AvgIpc) is 3.21. The Morgan fingerprint density at radius 3 is 2.18 bits per heavy atom. The van der Waals surface area contributed by atoms with Crippen molar-refractivity contribution in [3.63, 3.8) is 0 Å². The molecule has 7 nitrogen and oxygen atoms in total. The number of ether oxygens (including phenoxy) is 2. The van der Waals surface area contributed by atoms with E-state index in [0.29, 0.717) is 17.1 Å². The lowest BCUT2D eigenvalue weighted by atomic mass is 10.1. The Labute approximate surface area is 198 Å². The number of fused-ring (bicyclic) bond motifs is 1. The Hall–Kier alpha value is -3.62. The van der Waals surface area contributed by atoms with E-state index in [0.717, 1.165) is 10.9 Å². The number of para-hydroxylation sites is 2. The molecular weight excluding hydrogens is 452 g/mol. The number of sulfonamides is 1. The monoisotopic (exact) mass is 478 g/mol. The molecule has 0 saturated heterocycles. The third-order valence-corrected chi connectivity index (χ3v) is 6.40. The lowest BCUT2D eigenvalue weighted by molar-refractivity contribution is -0.157. The smallest absolute Gasteiger partial charge is 0.329 e.